The lowest BCUT2D eigenvalue weighted by Crippen LogP contribution is -2.11. The van der Waals surface area contributed by atoms with Crippen molar-refractivity contribution in [3.63, 3.8) is 0 Å². The Bertz CT molecular complexity index is 2850. The Labute approximate surface area is 294 Å². The van der Waals surface area contributed by atoms with Gasteiger partial charge in [0, 0.05) is 42.0 Å². The maximum absolute atomic E-state index is 2.47. The summed E-state index contributed by atoms with van der Waals surface area (Å²) in [7, 11) is 0. The number of nitrogens with zero attached hydrogens (tertiary/aromatic N) is 1. The van der Waals surface area contributed by atoms with Crippen molar-refractivity contribution in [3.8, 4) is 22.3 Å². The summed E-state index contributed by atoms with van der Waals surface area (Å²) in [5, 5.41) is 10.2. The molecule has 0 unspecified atom stereocenters. The van der Waals surface area contributed by atoms with E-state index >= 15 is 0 Å². The molecule has 0 amide bonds. The van der Waals surface area contributed by atoms with Gasteiger partial charge < -0.3 is 4.90 Å². The van der Waals surface area contributed by atoms with Crippen molar-refractivity contribution in [1.29, 1.82) is 0 Å². The van der Waals surface area contributed by atoms with E-state index in [-0.39, 0.29) is 0 Å². The van der Waals surface area contributed by atoms with E-state index in [0.29, 0.717) is 0 Å². The fourth-order valence-corrected chi connectivity index (χ4v) is 8.87. The Hall–Kier alpha value is -6.22. The number of hydrogen-bond donors (Lipinski definition) is 0. The normalized spacial score (nSPS) is 11.6. The van der Waals surface area contributed by atoms with E-state index in [9.17, 15) is 0 Å². The molecule has 10 rings (SSSR count). The van der Waals surface area contributed by atoms with Gasteiger partial charge in [0.2, 0.25) is 0 Å². The van der Waals surface area contributed by atoms with E-state index in [1.807, 2.05) is 11.3 Å². The lowest BCUT2D eigenvalue weighted by atomic mass is 9.97. The molecule has 10 aromatic rings. The molecule has 0 saturated carbocycles. The van der Waals surface area contributed by atoms with Crippen LogP contribution < -0.4 is 4.90 Å². The predicted octanol–water partition coefficient (Wildman–Crippen LogP) is 14.3. The number of rotatable bonds is 5. The lowest BCUT2D eigenvalue weighted by molar-refractivity contribution is 1.32. The van der Waals surface area contributed by atoms with Gasteiger partial charge in [-0.15, -0.1) is 11.3 Å². The predicted molar refractivity (Wildman–Crippen MR) is 217 cm³/mol. The molecule has 0 saturated heterocycles. The van der Waals surface area contributed by atoms with E-state index in [4.69, 9.17) is 0 Å². The minimum absolute atomic E-state index is 1.12. The Morgan fingerprint density at radius 2 is 0.840 bits per heavy atom. The van der Waals surface area contributed by atoms with Gasteiger partial charge in [0.15, 0.2) is 0 Å². The first-order valence-electron chi connectivity index (χ1n) is 17.1. The van der Waals surface area contributed by atoms with Crippen molar-refractivity contribution < 1.29 is 0 Å². The van der Waals surface area contributed by atoms with Gasteiger partial charge in [0.25, 0.3) is 0 Å². The van der Waals surface area contributed by atoms with Crippen LogP contribution in [0.5, 0.6) is 0 Å². The minimum Gasteiger partial charge on any atom is -0.309 e. The molecule has 0 aliphatic carbocycles. The van der Waals surface area contributed by atoms with Crippen LogP contribution in [0.4, 0.5) is 17.1 Å². The minimum atomic E-state index is 1.12. The molecule has 234 valence electrons. The van der Waals surface area contributed by atoms with E-state index in [0.717, 1.165) is 5.69 Å². The third kappa shape index (κ3) is 4.69. The summed E-state index contributed by atoms with van der Waals surface area (Å²) in [6.07, 6.45) is 0. The Morgan fingerprint density at radius 3 is 1.60 bits per heavy atom. The molecule has 0 bridgehead atoms. The molecule has 1 heterocycles. The third-order valence-electron chi connectivity index (χ3n) is 10.1. The molecule has 9 aromatic carbocycles. The fourth-order valence-electron chi connectivity index (χ4n) is 7.63. The monoisotopic (exact) mass is 653 g/mol. The van der Waals surface area contributed by atoms with E-state index in [2.05, 4.69) is 193 Å². The number of hydrogen-bond acceptors (Lipinski definition) is 2. The highest BCUT2D eigenvalue weighted by atomic mass is 32.1. The summed E-state index contributed by atoms with van der Waals surface area (Å²) < 4.78 is 2.66. The first-order valence-corrected chi connectivity index (χ1v) is 17.9. The van der Waals surface area contributed by atoms with Crippen LogP contribution in [0.3, 0.4) is 0 Å². The summed E-state index contributed by atoms with van der Waals surface area (Å²) >= 11 is 1.89. The van der Waals surface area contributed by atoms with Crippen LogP contribution in [0.1, 0.15) is 0 Å². The topological polar surface area (TPSA) is 3.24 Å². The Morgan fingerprint density at radius 1 is 0.320 bits per heavy atom. The van der Waals surface area contributed by atoms with Crippen molar-refractivity contribution in [2.45, 2.75) is 0 Å². The van der Waals surface area contributed by atoms with Crippen molar-refractivity contribution in [2.24, 2.45) is 0 Å². The maximum atomic E-state index is 2.47. The SMILES string of the molecule is c1ccc(-c2ccc(-c3ccc(N(c4cc5ccccc5c5ccccc45)c4cccc5c4ccc4c6ccccc6sc54)cc3)cc2)cc1. The van der Waals surface area contributed by atoms with Crippen molar-refractivity contribution >= 4 is 80.9 Å². The van der Waals surface area contributed by atoms with Crippen LogP contribution in [0.2, 0.25) is 0 Å². The first kappa shape index (κ1) is 28.8. The zero-order chi connectivity index (χ0) is 33.0. The number of thiophene rings is 1. The Balaban J connectivity index is 1.17. The average molecular weight is 654 g/mol. The second-order valence-electron chi connectivity index (χ2n) is 12.9. The molecule has 0 fully saturated rings. The average Bonchev–Trinajstić information content (AvgIpc) is 3.58. The molecule has 0 N–H and O–H groups in total. The van der Waals surface area contributed by atoms with Crippen LogP contribution in [0.15, 0.2) is 188 Å². The molecular formula is C48H31NS. The van der Waals surface area contributed by atoms with Gasteiger partial charge in [-0.1, -0.05) is 158 Å². The molecule has 0 aliphatic rings. The Kier molecular flexibility index (Phi) is 6.75. The molecule has 1 nitrogen and oxygen atoms in total. The molecule has 0 aliphatic heterocycles. The second-order valence-corrected chi connectivity index (χ2v) is 14.0. The number of benzene rings is 9. The largest absolute Gasteiger partial charge is 0.309 e. The molecule has 1 aromatic heterocycles. The lowest BCUT2D eigenvalue weighted by Gasteiger charge is -2.29. The van der Waals surface area contributed by atoms with Gasteiger partial charge in [-0.3, -0.25) is 0 Å². The van der Waals surface area contributed by atoms with Crippen LogP contribution in [-0.2, 0) is 0 Å². The highest BCUT2D eigenvalue weighted by molar-refractivity contribution is 7.26. The van der Waals surface area contributed by atoms with Crippen LogP contribution in [0, 0.1) is 0 Å². The zero-order valence-corrected chi connectivity index (χ0v) is 28.1. The molecule has 0 radical (unpaired) electrons. The van der Waals surface area contributed by atoms with Gasteiger partial charge in [0.1, 0.15) is 0 Å². The number of fused-ring (bicyclic) bond motifs is 8. The van der Waals surface area contributed by atoms with Gasteiger partial charge in [0.05, 0.1) is 11.4 Å². The van der Waals surface area contributed by atoms with Crippen LogP contribution in [0.25, 0.3) is 74.7 Å². The maximum Gasteiger partial charge on any atom is 0.0546 e. The summed E-state index contributed by atoms with van der Waals surface area (Å²) in [4.78, 5) is 2.47. The van der Waals surface area contributed by atoms with Gasteiger partial charge in [-0.2, -0.15) is 0 Å². The zero-order valence-electron chi connectivity index (χ0n) is 27.3. The fraction of sp³-hybridized carbons (Fsp3) is 0. The second kappa shape index (κ2) is 11.7. The van der Waals surface area contributed by atoms with E-state index in [1.54, 1.807) is 0 Å². The van der Waals surface area contributed by atoms with Crippen molar-refractivity contribution in [3.05, 3.63) is 188 Å². The van der Waals surface area contributed by atoms with Gasteiger partial charge >= 0.3 is 0 Å². The van der Waals surface area contributed by atoms with Crippen LogP contribution >= 0.6 is 11.3 Å². The quantitative estimate of drug-likeness (QED) is 0.167. The third-order valence-corrected chi connectivity index (χ3v) is 11.3. The van der Waals surface area contributed by atoms with E-state index in [1.165, 1.54) is 86.1 Å². The van der Waals surface area contributed by atoms with Gasteiger partial charge in [-0.05, 0) is 68.7 Å². The smallest absolute Gasteiger partial charge is 0.0546 e. The molecule has 2 heteroatoms. The van der Waals surface area contributed by atoms with Crippen LogP contribution in [-0.4, -0.2) is 0 Å². The molecule has 50 heavy (non-hydrogen) atoms. The first-order chi connectivity index (χ1) is 24.8. The molecule has 0 spiro atoms. The standard InChI is InChI=1S/C48H31NS/c1-2-11-32(12-3-1)33-21-23-34(24-22-33)35-25-27-37(28-26-35)49(46-31-36-13-4-5-14-38(36)39-15-6-7-16-40(39)46)45-19-10-18-43-41(45)29-30-44-42-17-8-9-20-47(42)50-48(43)44/h1-31H. The highest BCUT2D eigenvalue weighted by Gasteiger charge is 2.20. The van der Waals surface area contributed by atoms with Gasteiger partial charge in [-0.25, -0.2) is 0 Å². The summed E-state index contributed by atoms with van der Waals surface area (Å²) in [5.74, 6) is 0. The highest BCUT2D eigenvalue weighted by Crippen LogP contribution is 2.47. The van der Waals surface area contributed by atoms with E-state index < -0.39 is 0 Å². The van der Waals surface area contributed by atoms with Crippen molar-refractivity contribution in [2.75, 3.05) is 4.90 Å². The number of anilines is 3. The summed E-state index contributed by atoms with van der Waals surface area (Å²) in [5.41, 5.74) is 8.32. The summed E-state index contributed by atoms with van der Waals surface area (Å²) in [6.45, 7) is 0. The van der Waals surface area contributed by atoms with Crippen molar-refractivity contribution in [1.82, 2.24) is 0 Å². The molecule has 0 atom stereocenters. The molecular weight excluding hydrogens is 623 g/mol. The summed E-state index contributed by atoms with van der Waals surface area (Å²) in [6, 6.07) is 68.7.